The standard InChI is InChI=1S/C10H9BrN2O2S/c1-6-2-8(15-13-6)10(14)12-4-7-3-9(11)16-5-7/h2-3,5H,4H2,1H3,(H,12,14). The highest BCUT2D eigenvalue weighted by molar-refractivity contribution is 9.11. The van der Waals surface area contributed by atoms with Gasteiger partial charge < -0.3 is 9.84 Å². The van der Waals surface area contributed by atoms with E-state index in [2.05, 4.69) is 26.4 Å². The molecule has 4 nitrogen and oxygen atoms in total. The highest BCUT2D eigenvalue weighted by atomic mass is 79.9. The number of nitrogens with one attached hydrogen (secondary N) is 1. The van der Waals surface area contributed by atoms with Gasteiger partial charge in [-0.2, -0.15) is 0 Å². The molecule has 0 spiro atoms. The Labute approximate surface area is 105 Å². The molecule has 1 N–H and O–H groups in total. The van der Waals surface area contributed by atoms with Gasteiger partial charge in [0.15, 0.2) is 0 Å². The summed E-state index contributed by atoms with van der Waals surface area (Å²) in [5.41, 5.74) is 1.75. The van der Waals surface area contributed by atoms with Gasteiger partial charge in [-0.1, -0.05) is 5.16 Å². The van der Waals surface area contributed by atoms with Crippen LogP contribution in [-0.4, -0.2) is 11.1 Å². The third-order valence-corrected chi connectivity index (χ3v) is 3.48. The second-order valence-electron chi connectivity index (χ2n) is 3.27. The first kappa shape index (κ1) is 11.3. The van der Waals surface area contributed by atoms with Crippen molar-refractivity contribution in [3.05, 3.63) is 38.3 Å². The van der Waals surface area contributed by atoms with E-state index in [0.29, 0.717) is 12.2 Å². The van der Waals surface area contributed by atoms with Crippen molar-refractivity contribution in [1.29, 1.82) is 0 Å². The van der Waals surface area contributed by atoms with E-state index >= 15 is 0 Å². The lowest BCUT2D eigenvalue weighted by molar-refractivity contribution is 0.0914. The van der Waals surface area contributed by atoms with E-state index in [0.717, 1.165) is 9.35 Å². The van der Waals surface area contributed by atoms with E-state index in [-0.39, 0.29) is 11.7 Å². The summed E-state index contributed by atoms with van der Waals surface area (Å²) < 4.78 is 5.90. The molecule has 0 radical (unpaired) electrons. The van der Waals surface area contributed by atoms with Crippen LogP contribution in [0.2, 0.25) is 0 Å². The van der Waals surface area contributed by atoms with Gasteiger partial charge >= 0.3 is 0 Å². The predicted molar refractivity (Wildman–Crippen MR) is 64.4 cm³/mol. The molecule has 2 aromatic heterocycles. The van der Waals surface area contributed by atoms with Gasteiger partial charge in [0.05, 0.1) is 9.48 Å². The molecule has 2 rings (SSSR count). The Bertz CT molecular complexity index is 506. The van der Waals surface area contributed by atoms with Crippen molar-refractivity contribution in [3.8, 4) is 0 Å². The molecule has 6 heteroatoms. The number of hydrogen-bond acceptors (Lipinski definition) is 4. The monoisotopic (exact) mass is 300 g/mol. The predicted octanol–water partition coefficient (Wildman–Crippen LogP) is 2.74. The third kappa shape index (κ3) is 2.70. The van der Waals surface area contributed by atoms with Gasteiger partial charge in [0, 0.05) is 12.6 Å². The van der Waals surface area contributed by atoms with Crippen LogP contribution in [0.3, 0.4) is 0 Å². The molecule has 16 heavy (non-hydrogen) atoms. The van der Waals surface area contributed by atoms with Gasteiger partial charge in [-0.15, -0.1) is 11.3 Å². The molecule has 84 valence electrons. The summed E-state index contributed by atoms with van der Waals surface area (Å²) in [5, 5.41) is 8.39. The molecule has 0 aromatic carbocycles. The average molecular weight is 301 g/mol. The maximum atomic E-state index is 11.6. The first-order valence-electron chi connectivity index (χ1n) is 4.59. The topological polar surface area (TPSA) is 55.1 Å². The second kappa shape index (κ2) is 4.80. The fourth-order valence-corrected chi connectivity index (χ4v) is 2.39. The lowest BCUT2D eigenvalue weighted by Crippen LogP contribution is -2.21. The Morgan fingerprint density at radius 1 is 1.62 bits per heavy atom. The maximum absolute atomic E-state index is 11.6. The van der Waals surface area contributed by atoms with E-state index in [1.807, 2.05) is 11.4 Å². The Kier molecular flexibility index (Phi) is 3.40. The summed E-state index contributed by atoms with van der Waals surface area (Å²) in [6.07, 6.45) is 0. The number of hydrogen-bond donors (Lipinski definition) is 1. The summed E-state index contributed by atoms with van der Waals surface area (Å²) >= 11 is 4.95. The summed E-state index contributed by atoms with van der Waals surface area (Å²) in [6, 6.07) is 3.58. The lowest BCUT2D eigenvalue weighted by Gasteiger charge is -1.99. The van der Waals surface area contributed by atoms with Crippen molar-refractivity contribution in [3.63, 3.8) is 0 Å². The van der Waals surface area contributed by atoms with Crippen LogP contribution in [-0.2, 0) is 6.54 Å². The number of thiophene rings is 1. The van der Waals surface area contributed by atoms with E-state index < -0.39 is 0 Å². The van der Waals surface area contributed by atoms with Crippen molar-refractivity contribution in [1.82, 2.24) is 10.5 Å². The van der Waals surface area contributed by atoms with Crippen LogP contribution in [0.4, 0.5) is 0 Å². The molecule has 0 saturated heterocycles. The van der Waals surface area contributed by atoms with Crippen LogP contribution < -0.4 is 5.32 Å². The van der Waals surface area contributed by atoms with Gasteiger partial charge in [0.1, 0.15) is 0 Å². The lowest BCUT2D eigenvalue weighted by atomic mass is 10.3. The van der Waals surface area contributed by atoms with Crippen LogP contribution >= 0.6 is 27.3 Å². The highest BCUT2D eigenvalue weighted by Crippen LogP contribution is 2.20. The van der Waals surface area contributed by atoms with Gasteiger partial charge in [-0.25, -0.2) is 0 Å². The minimum Gasteiger partial charge on any atom is -0.351 e. The van der Waals surface area contributed by atoms with Crippen LogP contribution in [0.15, 0.2) is 25.8 Å². The van der Waals surface area contributed by atoms with Gasteiger partial charge in [-0.05, 0) is 39.9 Å². The fourth-order valence-electron chi connectivity index (χ4n) is 1.18. The molecule has 0 aliphatic heterocycles. The number of carbonyl (C=O) groups excluding carboxylic acids is 1. The van der Waals surface area contributed by atoms with Crippen molar-refractivity contribution < 1.29 is 9.32 Å². The Balaban J connectivity index is 1.93. The minimum atomic E-state index is -0.247. The second-order valence-corrected chi connectivity index (χ2v) is 5.56. The number of nitrogens with zero attached hydrogens (tertiary/aromatic N) is 1. The molecule has 0 saturated carbocycles. The Morgan fingerprint density at radius 3 is 3.00 bits per heavy atom. The number of amides is 1. The summed E-state index contributed by atoms with van der Waals surface area (Å²) in [7, 11) is 0. The Hall–Kier alpha value is -1.14. The van der Waals surface area contributed by atoms with Gasteiger partial charge in [0.2, 0.25) is 5.76 Å². The number of aryl methyl sites for hydroxylation is 1. The van der Waals surface area contributed by atoms with E-state index in [9.17, 15) is 4.79 Å². The SMILES string of the molecule is Cc1cc(C(=O)NCc2csc(Br)c2)on1. The third-order valence-electron chi connectivity index (χ3n) is 1.93. The van der Waals surface area contributed by atoms with Gasteiger partial charge in [-0.3, -0.25) is 4.79 Å². The minimum absolute atomic E-state index is 0.242. The van der Waals surface area contributed by atoms with E-state index in [1.54, 1.807) is 24.3 Å². The molecule has 0 fully saturated rings. The molecule has 0 aliphatic carbocycles. The van der Waals surface area contributed by atoms with E-state index in [4.69, 9.17) is 4.52 Å². The van der Waals surface area contributed by atoms with Crippen LogP contribution in [0.1, 0.15) is 21.8 Å². The zero-order valence-corrected chi connectivity index (χ0v) is 10.9. The molecule has 0 atom stereocenters. The molecular formula is C10H9BrN2O2S. The normalized spacial score (nSPS) is 10.4. The summed E-state index contributed by atoms with van der Waals surface area (Å²) in [6.45, 7) is 2.26. The quantitative estimate of drug-likeness (QED) is 0.948. The zero-order chi connectivity index (χ0) is 11.5. The number of carbonyl (C=O) groups is 1. The van der Waals surface area contributed by atoms with Crippen LogP contribution in [0.5, 0.6) is 0 Å². The number of halogens is 1. The Morgan fingerprint density at radius 2 is 2.44 bits per heavy atom. The largest absolute Gasteiger partial charge is 0.351 e. The first-order chi connectivity index (χ1) is 7.65. The average Bonchev–Trinajstić information content (AvgIpc) is 2.84. The molecule has 0 bridgehead atoms. The molecule has 2 heterocycles. The van der Waals surface area contributed by atoms with Crippen molar-refractivity contribution in [2.45, 2.75) is 13.5 Å². The van der Waals surface area contributed by atoms with Crippen LogP contribution in [0.25, 0.3) is 0 Å². The number of aromatic nitrogens is 1. The summed E-state index contributed by atoms with van der Waals surface area (Å²) in [4.78, 5) is 11.6. The zero-order valence-electron chi connectivity index (χ0n) is 8.49. The molecule has 0 unspecified atom stereocenters. The number of rotatable bonds is 3. The molecule has 1 amide bonds. The highest BCUT2D eigenvalue weighted by Gasteiger charge is 2.10. The van der Waals surface area contributed by atoms with Crippen molar-refractivity contribution in [2.75, 3.05) is 0 Å². The fraction of sp³-hybridized carbons (Fsp3) is 0.200. The summed E-state index contributed by atoms with van der Waals surface area (Å²) in [5.74, 6) is -0.00489. The molecular weight excluding hydrogens is 292 g/mol. The van der Waals surface area contributed by atoms with Crippen molar-refractivity contribution >= 4 is 33.2 Å². The maximum Gasteiger partial charge on any atom is 0.290 e. The van der Waals surface area contributed by atoms with Crippen molar-refractivity contribution in [2.24, 2.45) is 0 Å². The smallest absolute Gasteiger partial charge is 0.290 e. The van der Waals surface area contributed by atoms with Crippen LogP contribution in [0, 0.1) is 6.92 Å². The molecule has 2 aromatic rings. The molecule has 0 aliphatic rings. The van der Waals surface area contributed by atoms with E-state index in [1.165, 1.54) is 0 Å². The van der Waals surface area contributed by atoms with Gasteiger partial charge in [0.25, 0.3) is 5.91 Å². The first-order valence-corrected chi connectivity index (χ1v) is 6.27.